The fourth-order valence-corrected chi connectivity index (χ4v) is 2.46. The zero-order valence-electron chi connectivity index (χ0n) is 10.6. The van der Waals surface area contributed by atoms with Gasteiger partial charge in [-0.3, -0.25) is 0 Å². The summed E-state index contributed by atoms with van der Waals surface area (Å²) in [7, 11) is 0. The van der Waals surface area contributed by atoms with Crippen molar-refractivity contribution >= 4 is 21.6 Å². The highest BCUT2D eigenvalue weighted by Gasteiger charge is 2.11. The van der Waals surface area contributed by atoms with E-state index in [4.69, 9.17) is 5.73 Å². The summed E-state index contributed by atoms with van der Waals surface area (Å²) in [5.41, 5.74) is 8.60. The summed E-state index contributed by atoms with van der Waals surface area (Å²) in [6.07, 6.45) is 0. The predicted molar refractivity (Wildman–Crippen MR) is 80.9 cm³/mol. The number of aromatic nitrogens is 4. The average molecular weight is 330 g/mol. The van der Waals surface area contributed by atoms with Crippen LogP contribution in [-0.4, -0.2) is 20.2 Å². The largest absolute Gasteiger partial charge is 0.398 e. The van der Waals surface area contributed by atoms with E-state index in [0.29, 0.717) is 18.1 Å². The molecule has 5 nitrogen and oxygen atoms in total. The monoisotopic (exact) mass is 329 g/mol. The lowest BCUT2D eigenvalue weighted by Gasteiger charge is -2.07. The first-order valence-electron chi connectivity index (χ1n) is 6.09. The van der Waals surface area contributed by atoms with Gasteiger partial charge in [0.15, 0.2) is 5.82 Å². The highest BCUT2D eigenvalue weighted by molar-refractivity contribution is 9.10. The molecule has 0 saturated heterocycles. The Morgan fingerprint density at radius 1 is 1.10 bits per heavy atom. The number of tetrazole rings is 1. The number of para-hydroxylation sites is 1. The Hall–Kier alpha value is -2.21. The zero-order chi connectivity index (χ0) is 13.9. The molecule has 20 heavy (non-hydrogen) atoms. The molecule has 0 fully saturated rings. The average Bonchev–Trinajstić information content (AvgIpc) is 2.87. The Bertz CT molecular complexity index is 738. The number of hydrogen-bond acceptors (Lipinski definition) is 4. The van der Waals surface area contributed by atoms with E-state index in [1.165, 1.54) is 0 Å². The van der Waals surface area contributed by atoms with Crippen LogP contribution in [0.15, 0.2) is 53.0 Å². The van der Waals surface area contributed by atoms with Crippen LogP contribution < -0.4 is 5.73 Å². The number of anilines is 1. The minimum Gasteiger partial charge on any atom is -0.398 e. The number of rotatable bonds is 3. The van der Waals surface area contributed by atoms with Gasteiger partial charge in [-0.05, 0) is 40.3 Å². The van der Waals surface area contributed by atoms with E-state index in [0.717, 1.165) is 15.6 Å². The molecule has 0 radical (unpaired) electrons. The van der Waals surface area contributed by atoms with E-state index < -0.39 is 0 Å². The van der Waals surface area contributed by atoms with Gasteiger partial charge in [-0.25, -0.2) is 4.68 Å². The van der Waals surface area contributed by atoms with Crippen LogP contribution in [0.25, 0.3) is 11.4 Å². The van der Waals surface area contributed by atoms with Crippen molar-refractivity contribution in [2.24, 2.45) is 0 Å². The van der Waals surface area contributed by atoms with Gasteiger partial charge in [-0.2, -0.15) is 0 Å². The highest BCUT2D eigenvalue weighted by Crippen LogP contribution is 2.23. The number of benzene rings is 2. The molecule has 0 unspecified atom stereocenters. The molecule has 0 aliphatic rings. The molecule has 0 atom stereocenters. The number of nitrogens with zero attached hydrogens (tertiary/aromatic N) is 4. The molecular formula is C14H12BrN5. The van der Waals surface area contributed by atoms with Gasteiger partial charge in [0.1, 0.15) is 0 Å². The maximum absolute atomic E-state index is 5.98. The Morgan fingerprint density at radius 3 is 2.75 bits per heavy atom. The number of nitrogen functional groups attached to an aromatic ring is 1. The molecule has 1 heterocycles. The first-order chi connectivity index (χ1) is 9.74. The topological polar surface area (TPSA) is 69.6 Å². The Morgan fingerprint density at radius 2 is 1.95 bits per heavy atom. The molecule has 2 aromatic carbocycles. The molecule has 0 spiro atoms. The second-order valence-electron chi connectivity index (χ2n) is 4.38. The fraction of sp³-hybridized carbons (Fsp3) is 0.0714. The third kappa shape index (κ3) is 2.55. The normalized spacial score (nSPS) is 10.7. The van der Waals surface area contributed by atoms with Crippen molar-refractivity contribution in [3.63, 3.8) is 0 Å². The zero-order valence-corrected chi connectivity index (χ0v) is 12.2. The summed E-state index contributed by atoms with van der Waals surface area (Å²) in [5, 5.41) is 11.9. The van der Waals surface area contributed by atoms with Crippen molar-refractivity contribution in [1.82, 2.24) is 20.2 Å². The van der Waals surface area contributed by atoms with E-state index in [1.807, 2.05) is 48.5 Å². The summed E-state index contributed by atoms with van der Waals surface area (Å²) < 4.78 is 2.77. The van der Waals surface area contributed by atoms with Crippen molar-refractivity contribution in [1.29, 1.82) is 0 Å². The molecule has 0 saturated carbocycles. The minimum absolute atomic E-state index is 0.593. The molecular weight excluding hydrogens is 318 g/mol. The molecule has 3 rings (SSSR count). The molecule has 2 N–H and O–H groups in total. The number of nitrogens with two attached hydrogens (primary N) is 1. The molecule has 1 aromatic heterocycles. The lowest BCUT2D eigenvalue weighted by atomic mass is 10.1. The predicted octanol–water partition coefficient (Wildman–Crippen LogP) is 2.73. The molecule has 6 heteroatoms. The summed E-state index contributed by atoms with van der Waals surface area (Å²) in [5.74, 6) is 0.670. The van der Waals surface area contributed by atoms with Crippen LogP contribution >= 0.6 is 15.9 Å². The summed E-state index contributed by atoms with van der Waals surface area (Å²) in [6.45, 7) is 0.593. The van der Waals surface area contributed by atoms with Gasteiger partial charge in [0.2, 0.25) is 0 Å². The fourth-order valence-electron chi connectivity index (χ4n) is 2.01. The Kier molecular flexibility index (Phi) is 3.47. The van der Waals surface area contributed by atoms with Crippen molar-refractivity contribution in [3.8, 4) is 11.4 Å². The maximum atomic E-state index is 5.98. The van der Waals surface area contributed by atoms with Gasteiger partial charge in [-0.1, -0.05) is 40.2 Å². The summed E-state index contributed by atoms with van der Waals surface area (Å²) in [6, 6.07) is 15.6. The third-order valence-electron chi connectivity index (χ3n) is 2.95. The van der Waals surface area contributed by atoms with Crippen LogP contribution in [0.1, 0.15) is 5.56 Å². The summed E-state index contributed by atoms with van der Waals surface area (Å²) in [4.78, 5) is 0. The standard InChI is InChI=1S/C14H12BrN5/c15-11-5-3-4-10(8-11)9-20-14(17-18-19-20)12-6-1-2-7-13(12)16/h1-8H,9,16H2. The lowest BCUT2D eigenvalue weighted by molar-refractivity contribution is 0.653. The van der Waals surface area contributed by atoms with Crippen molar-refractivity contribution in [2.45, 2.75) is 6.54 Å². The van der Waals surface area contributed by atoms with Gasteiger partial charge >= 0.3 is 0 Å². The third-order valence-corrected chi connectivity index (χ3v) is 3.45. The molecule has 0 bridgehead atoms. The van der Waals surface area contributed by atoms with Gasteiger partial charge in [0.05, 0.1) is 6.54 Å². The maximum Gasteiger partial charge on any atom is 0.184 e. The van der Waals surface area contributed by atoms with Gasteiger partial charge in [0.25, 0.3) is 0 Å². The van der Waals surface area contributed by atoms with Crippen LogP contribution in [0.2, 0.25) is 0 Å². The van der Waals surface area contributed by atoms with Crippen LogP contribution in [0.5, 0.6) is 0 Å². The molecule has 0 amide bonds. The highest BCUT2D eigenvalue weighted by atomic mass is 79.9. The number of hydrogen-bond donors (Lipinski definition) is 1. The van der Waals surface area contributed by atoms with Crippen LogP contribution in [0, 0.1) is 0 Å². The van der Waals surface area contributed by atoms with Crippen LogP contribution in [-0.2, 0) is 6.54 Å². The first-order valence-corrected chi connectivity index (χ1v) is 6.89. The summed E-state index contributed by atoms with van der Waals surface area (Å²) >= 11 is 3.46. The minimum atomic E-state index is 0.593. The Labute approximate surface area is 124 Å². The lowest BCUT2D eigenvalue weighted by Crippen LogP contribution is -2.05. The first kappa shape index (κ1) is 12.8. The quantitative estimate of drug-likeness (QED) is 0.750. The molecule has 100 valence electrons. The molecule has 0 aliphatic carbocycles. The second-order valence-corrected chi connectivity index (χ2v) is 5.29. The van der Waals surface area contributed by atoms with Crippen molar-refractivity contribution in [2.75, 3.05) is 5.73 Å². The van der Waals surface area contributed by atoms with E-state index in [1.54, 1.807) is 4.68 Å². The van der Waals surface area contributed by atoms with E-state index in [2.05, 4.69) is 31.5 Å². The second kappa shape index (κ2) is 5.42. The SMILES string of the molecule is Nc1ccccc1-c1nnnn1Cc1cccc(Br)c1. The van der Waals surface area contributed by atoms with Gasteiger partial charge in [0, 0.05) is 15.7 Å². The van der Waals surface area contributed by atoms with Gasteiger partial charge < -0.3 is 5.73 Å². The smallest absolute Gasteiger partial charge is 0.184 e. The van der Waals surface area contributed by atoms with Crippen LogP contribution in [0.4, 0.5) is 5.69 Å². The van der Waals surface area contributed by atoms with E-state index >= 15 is 0 Å². The van der Waals surface area contributed by atoms with E-state index in [-0.39, 0.29) is 0 Å². The molecule has 3 aromatic rings. The van der Waals surface area contributed by atoms with Gasteiger partial charge in [-0.15, -0.1) is 5.10 Å². The Balaban J connectivity index is 1.97. The van der Waals surface area contributed by atoms with E-state index in [9.17, 15) is 0 Å². The van der Waals surface area contributed by atoms with Crippen molar-refractivity contribution < 1.29 is 0 Å². The van der Waals surface area contributed by atoms with Crippen LogP contribution in [0.3, 0.4) is 0 Å². The molecule has 0 aliphatic heterocycles. The van der Waals surface area contributed by atoms with Crippen molar-refractivity contribution in [3.05, 3.63) is 58.6 Å². The number of halogens is 1.